The third-order valence-electron chi connectivity index (χ3n) is 4.31. The van der Waals surface area contributed by atoms with E-state index in [4.69, 9.17) is 0 Å². The number of aromatic nitrogens is 4. The molecule has 0 saturated heterocycles. The molecule has 0 atom stereocenters. The standard InChI is InChI=1S/C19H17N5OS/c1-12-10-15(13(2)23(12)19-20-8-9-26-19)11-21-24-14(3)22-17-7-5-4-6-16(17)18(24)25/h4-11H,1-3H3/b21-11-. The van der Waals surface area contributed by atoms with Gasteiger partial charge in [-0.1, -0.05) is 12.1 Å². The zero-order valence-corrected chi connectivity index (χ0v) is 15.5. The van der Waals surface area contributed by atoms with Crippen molar-refractivity contribution in [3.8, 4) is 5.13 Å². The molecule has 0 aliphatic carbocycles. The first kappa shape index (κ1) is 16.4. The molecule has 4 aromatic rings. The number of aryl methyl sites for hydroxylation is 2. The molecule has 3 aromatic heterocycles. The van der Waals surface area contributed by atoms with Gasteiger partial charge in [-0.25, -0.2) is 9.97 Å². The van der Waals surface area contributed by atoms with E-state index in [1.54, 1.807) is 36.7 Å². The van der Waals surface area contributed by atoms with E-state index in [1.165, 1.54) is 4.68 Å². The molecule has 0 saturated carbocycles. The van der Waals surface area contributed by atoms with E-state index in [1.807, 2.05) is 43.5 Å². The molecule has 0 radical (unpaired) electrons. The third kappa shape index (κ3) is 2.66. The van der Waals surface area contributed by atoms with E-state index in [-0.39, 0.29) is 5.56 Å². The second-order valence-electron chi connectivity index (χ2n) is 6.01. The summed E-state index contributed by atoms with van der Waals surface area (Å²) in [6.45, 7) is 5.83. The number of hydrogen-bond acceptors (Lipinski definition) is 5. The number of fused-ring (bicyclic) bond motifs is 1. The molecule has 130 valence electrons. The molecule has 4 rings (SSSR count). The van der Waals surface area contributed by atoms with Gasteiger partial charge in [0.1, 0.15) is 5.82 Å². The maximum absolute atomic E-state index is 12.7. The van der Waals surface area contributed by atoms with Gasteiger partial charge in [0.2, 0.25) is 0 Å². The van der Waals surface area contributed by atoms with Crippen LogP contribution in [0, 0.1) is 20.8 Å². The molecular formula is C19H17N5OS. The summed E-state index contributed by atoms with van der Waals surface area (Å²) in [4.78, 5) is 21.6. The van der Waals surface area contributed by atoms with Gasteiger partial charge in [-0.3, -0.25) is 9.36 Å². The van der Waals surface area contributed by atoms with Crippen molar-refractivity contribution in [3.63, 3.8) is 0 Å². The number of thiazole rings is 1. The summed E-state index contributed by atoms with van der Waals surface area (Å²) in [5, 5.41) is 7.83. The number of benzene rings is 1. The molecule has 3 heterocycles. The van der Waals surface area contributed by atoms with Gasteiger partial charge in [-0.15, -0.1) is 11.3 Å². The predicted molar refractivity (Wildman–Crippen MR) is 105 cm³/mol. The van der Waals surface area contributed by atoms with Gasteiger partial charge in [-0.2, -0.15) is 9.78 Å². The summed E-state index contributed by atoms with van der Waals surface area (Å²) in [5.74, 6) is 0.554. The minimum atomic E-state index is -0.168. The number of nitrogens with zero attached hydrogens (tertiary/aromatic N) is 5. The van der Waals surface area contributed by atoms with E-state index in [0.29, 0.717) is 16.7 Å². The average molecular weight is 363 g/mol. The Hall–Kier alpha value is -3.06. The molecule has 26 heavy (non-hydrogen) atoms. The highest BCUT2D eigenvalue weighted by molar-refractivity contribution is 7.12. The largest absolute Gasteiger partial charge is 0.294 e. The van der Waals surface area contributed by atoms with Gasteiger partial charge in [-0.05, 0) is 39.0 Å². The van der Waals surface area contributed by atoms with Crippen molar-refractivity contribution in [1.82, 2.24) is 19.2 Å². The molecule has 0 fully saturated rings. The Morgan fingerprint density at radius 3 is 2.77 bits per heavy atom. The molecule has 0 aliphatic heterocycles. The lowest BCUT2D eigenvalue weighted by molar-refractivity contribution is 0.770. The zero-order chi connectivity index (χ0) is 18.3. The summed E-state index contributed by atoms with van der Waals surface area (Å²) in [5.41, 5.74) is 3.55. The average Bonchev–Trinajstić information content (AvgIpc) is 3.23. The SMILES string of the molecule is Cc1cc(/C=N\n2c(C)nc3ccccc3c2=O)c(C)n1-c1nccs1. The zero-order valence-electron chi connectivity index (χ0n) is 14.7. The number of rotatable bonds is 3. The van der Waals surface area contributed by atoms with E-state index >= 15 is 0 Å². The maximum Gasteiger partial charge on any atom is 0.282 e. The van der Waals surface area contributed by atoms with Gasteiger partial charge in [0, 0.05) is 28.5 Å². The van der Waals surface area contributed by atoms with Crippen molar-refractivity contribution in [1.29, 1.82) is 0 Å². The predicted octanol–water partition coefficient (Wildman–Crippen LogP) is 3.45. The van der Waals surface area contributed by atoms with Crippen LogP contribution in [0.15, 0.2) is 51.8 Å². The van der Waals surface area contributed by atoms with Gasteiger partial charge < -0.3 is 0 Å². The molecular weight excluding hydrogens is 346 g/mol. The molecule has 0 bridgehead atoms. The van der Waals surface area contributed by atoms with Crippen molar-refractivity contribution in [3.05, 3.63) is 75.0 Å². The Morgan fingerprint density at radius 2 is 2.00 bits per heavy atom. The van der Waals surface area contributed by atoms with E-state index < -0.39 is 0 Å². The van der Waals surface area contributed by atoms with Gasteiger partial charge in [0.15, 0.2) is 5.13 Å². The summed E-state index contributed by atoms with van der Waals surface area (Å²) >= 11 is 1.58. The fourth-order valence-corrected chi connectivity index (χ4v) is 3.78. The monoisotopic (exact) mass is 363 g/mol. The first-order valence-corrected chi connectivity index (χ1v) is 9.06. The van der Waals surface area contributed by atoms with Crippen LogP contribution in [0.5, 0.6) is 0 Å². The van der Waals surface area contributed by atoms with Crippen LogP contribution in [-0.4, -0.2) is 25.4 Å². The fraction of sp³-hybridized carbons (Fsp3) is 0.158. The Bertz CT molecular complexity index is 1180. The molecule has 1 aromatic carbocycles. The highest BCUT2D eigenvalue weighted by atomic mass is 32.1. The van der Waals surface area contributed by atoms with Crippen LogP contribution in [0.25, 0.3) is 16.0 Å². The topological polar surface area (TPSA) is 65.1 Å². The number of para-hydroxylation sites is 1. The lowest BCUT2D eigenvalue weighted by Gasteiger charge is -2.05. The quantitative estimate of drug-likeness (QED) is 0.524. The third-order valence-corrected chi connectivity index (χ3v) is 5.07. The van der Waals surface area contributed by atoms with Crippen LogP contribution in [0.4, 0.5) is 0 Å². The Balaban J connectivity index is 1.80. The fourth-order valence-electron chi connectivity index (χ4n) is 3.03. The van der Waals surface area contributed by atoms with Crippen LogP contribution in [0.1, 0.15) is 22.8 Å². The minimum absolute atomic E-state index is 0.168. The van der Waals surface area contributed by atoms with Crippen LogP contribution >= 0.6 is 11.3 Å². The minimum Gasteiger partial charge on any atom is -0.294 e. The Morgan fingerprint density at radius 1 is 1.19 bits per heavy atom. The maximum atomic E-state index is 12.7. The molecule has 7 heteroatoms. The van der Waals surface area contributed by atoms with Crippen molar-refractivity contribution >= 4 is 28.5 Å². The second kappa shape index (κ2) is 6.34. The molecule has 6 nitrogen and oxygen atoms in total. The van der Waals surface area contributed by atoms with Gasteiger partial charge >= 0.3 is 0 Å². The van der Waals surface area contributed by atoms with Gasteiger partial charge in [0.05, 0.1) is 17.1 Å². The molecule has 0 unspecified atom stereocenters. The second-order valence-corrected chi connectivity index (χ2v) is 6.89. The summed E-state index contributed by atoms with van der Waals surface area (Å²) in [7, 11) is 0. The van der Waals surface area contributed by atoms with Crippen LogP contribution in [-0.2, 0) is 0 Å². The van der Waals surface area contributed by atoms with E-state index in [9.17, 15) is 4.79 Å². The highest BCUT2D eigenvalue weighted by Crippen LogP contribution is 2.21. The molecule has 0 amide bonds. The van der Waals surface area contributed by atoms with Gasteiger partial charge in [0.25, 0.3) is 5.56 Å². The van der Waals surface area contributed by atoms with E-state index in [2.05, 4.69) is 19.6 Å². The Kier molecular flexibility index (Phi) is 4.00. The number of hydrogen-bond donors (Lipinski definition) is 0. The molecule has 0 spiro atoms. The summed E-state index contributed by atoms with van der Waals surface area (Å²) in [6, 6.07) is 9.34. The molecule has 0 N–H and O–H groups in total. The highest BCUT2D eigenvalue weighted by Gasteiger charge is 2.12. The van der Waals surface area contributed by atoms with Crippen LogP contribution in [0.3, 0.4) is 0 Å². The normalized spacial score (nSPS) is 11.7. The molecule has 0 aliphatic rings. The Labute approximate surface area is 154 Å². The van der Waals surface area contributed by atoms with E-state index in [0.717, 1.165) is 22.1 Å². The lowest BCUT2D eigenvalue weighted by atomic mass is 10.2. The first-order chi connectivity index (χ1) is 12.6. The van der Waals surface area contributed by atoms with Crippen LogP contribution in [0.2, 0.25) is 0 Å². The first-order valence-electron chi connectivity index (χ1n) is 8.18. The smallest absolute Gasteiger partial charge is 0.282 e. The van der Waals surface area contributed by atoms with Crippen LogP contribution < -0.4 is 5.56 Å². The van der Waals surface area contributed by atoms with Crippen molar-refractivity contribution < 1.29 is 0 Å². The van der Waals surface area contributed by atoms with Crippen molar-refractivity contribution in [2.24, 2.45) is 5.10 Å². The lowest BCUT2D eigenvalue weighted by Crippen LogP contribution is -2.20. The van der Waals surface area contributed by atoms with Crippen molar-refractivity contribution in [2.75, 3.05) is 0 Å². The summed E-state index contributed by atoms with van der Waals surface area (Å²) < 4.78 is 3.43. The summed E-state index contributed by atoms with van der Waals surface area (Å²) in [6.07, 6.45) is 3.49. The van der Waals surface area contributed by atoms with Crippen molar-refractivity contribution in [2.45, 2.75) is 20.8 Å².